The van der Waals surface area contributed by atoms with Gasteiger partial charge in [-0.3, -0.25) is 4.79 Å². The van der Waals surface area contributed by atoms with Gasteiger partial charge in [-0.05, 0) is 49.1 Å². The molecule has 3 aromatic rings. The maximum Gasteiger partial charge on any atom is 0.274 e. The Balaban J connectivity index is 1.31. The molecule has 5 rings (SSSR count). The zero-order chi connectivity index (χ0) is 23.0. The lowest BCUT2D eigenvalue weighted by Gasteiger charge is -2.33. The smallest absolute Gasteiger partial charge is 0.274 e. The molecule has 9 heteroatoms. The second kappa shape index (κ2) is 8.72. The van der Waals surface area contributed by atoms with E-state index < -0.39 is 10.0 Å². The second-order valence-corrected chi connectivity index (χ2v) is 10.4. The van der Waals surface area contributed by atoms with E-state index in [9.17, 15) is 17.6 Å². The molecule has 1 saturated heterocycles. The minimum absolute atomic E-state index is 0.0443. The van der Waals surface area contributed by atoms with Gasteiger partial charge in [0.25, 0.3) is 5.91 Å². The number of fused-ring (bicyclic) bond motifs is 1. The van der Waals surface area contributed by atoms with Crippen LogP contribution in [0.3, 0.4) is 0 Å². The molecule has 0 radical (unpaired) electrons. The molecule has 0 bridgehead atoms. The van der Waals surface area contributed by atoms with Crippen molar-refractivity contribution in [2.24, 2.45) is 0 Å². The van der Waals surface area contributed by atoms with Crippen LogP contribution >= 0.6 is 0 Å². The summed E-state index contributed by atoms with van der Waals surface area (Å²) in [4.78, 5) is 15.0. The fourth-order valence-corrected chi connectivity index (χ4v) is 6.12. The number of aromatic nitrogens is 2. The average molecular weight is 469 g/mol. The van der Waals surface area contributed by atoms with Crippen molar-refractivity contribution in [2.45, 2.75) is 25.0 Å². The topological polar surface area (TPSA) is 75.5 Å². The minimum atomic E-state index is -3.45. The number of sulfonamides is 1. The summed E-state index contributed by atoms with van der Waals surface area (Å²) in [7, 11) is -3.45. The van der Waals surface area contributed by atoms with Gasteiger partial charge in [0.2, 0.25) is 10.0 Å². The third-order valence-electron chi connectivity index (χ3n) is 6.32. The number of benzene rings is 2. The van der Waals surface area contributed by atoms with Crippen LogP contribution in [-0.4, -0.2) is 59.5 Å². The summed E-state index contributed by atoms with van der Waals surface area (Å²) in [6.45, 7) is 1.18. The zero-order valence-corrected chi connectivity index (χ0v) is 19.0. The lowest BCUT2D eigenvalue weighted by atomic mass is 10.1. The van der Waals surface area contributed by atoms with Gasteiger partial charge in [0, 0.05) is 37.4 Å². The Morgan fingerprint density at radius 1 is 0.939 bits per heavy atom. The first-order valence-electron chi connectivity index (χ1n) is 11.1. The highest BCUT2D eigenvalue weighted by Crippen LogP contribution is 2.29. The highest BCUT2D eigenvalue weighted by molar-refractivity contribution is 7.88. The first-order chi connectivity index (χ1) is 15.9. The Morgan fingerprint density at radius 2 is 1.64 bits per heavy atom. The summed E-state index contributed by atoms with van der Waals surface area (Å²) < 4.78 is 42.2. The van der Waals surface area contributed by atoms with Crippen molar-refractivity contribution in [3.63, 3.8) is 0 Å². The molecule has 7 nitrogen and oxygen atoms in total. The summed E-state index contributed by atoms with van der Waals surface area (Å²) >= 11 is 0. The van der Waals surface area contributed by atoms with Crippen LogP contribution in [0.4, 0.5) is 4.39 Å². The minimum Gasteiger partial charge on any atom is -0.335 e. The Bertz CT molecular complexity index is 1270. The van der Waals surface area contributed by atoms with Gasteiger partial charge >= 0.3 is 0 Å². The molecule has 1 aliphatic heterocycles. The second-order valence-electron chi connectivity index (χ2n) is 8.45. The van der Waals surface area contributed by atoms with Gasteiger partial charge in [-0.2, -0.15) is 9.40 Å². The van der Waals surface area contributed by atoms with Crippen LogP contribution in [0.5, 0.6) is 0 Å². The van der Waals surface area contributed by atoms with Crippen molar-refractivity contribution in [3.05, 3.63) is 82.9 Å². The van der Waals surface area contributed by atoms with Gasteiger partial charge in [0.15, 0.2) is 5.69 Å². The van der Waals surface area contributed by atoms with Crippen LogP contribution in [0, 0.1) is 5.82 Å². The number of amides is 1. The molecule has 1 aliphatic carbocycles. The molecule has 0 N–H and O–H groups in total. The monoisotopic (exact) mass is 468 g/mol. The molecule has 2 heterocycles. The fraction of sp³-hybridized carbons (Fsp3) is 0.333. The number of piperazine rings is 1. The molecule has 1 aromatic heterocycles. The van der Waals surface area contributed by atoms with Crippen molar-refractivity contribution in [1.29, 1.82) is 0 Å². The predicted octanol–water partition coefficient (Wildman–Crippen LogP) is 2.79. The van der Waals surface area contributed by atoms with Gasteiger partial charge in [-0.25, -0.2) is 17.5 Å². The van der Waals surface area contributed by atoms with Crippen LogP contribution in [0.15, 0.2) is 54.6 Å². The number of hydrogen-bond acceptors (Lipinski definition) is 4. The number of carbonyl (C=O) groups excluding carboxylic acids is 1. The third-order valence-corrected chi connectivity index (χ3v) is 8.17. The maximum atomic E-state index is 13.4. The Hall–Kier alpha value is -3.04. The van der Waals surface area contributed by atoms with Gasteiger partial charge in [-0.1, -0.05) is 30.3 Å². The summed E-state index contributed by atoms with van der Waals surface area (Å²) in [5, 5.41) is 4.60. The van der Waals surface area contributed by atoms with E-state index in [2.05, 4.69) is 5.10 Å². The number of halogens is 1. The largest absolute Gasteiger partial charge is 0.335 e. The first-order valence-corrected chi connectivity index (χ1v) is 12.7. The molecule has 0 saturated carbocycles. The average Bonchev–Trinajstić information content (AvgIpc) is 3.43. The van der Waals surface area contributed by atoms with E-state index in [4.69, 9.17) is 0 Å². The highest BCUT2D eigenvalue weighted by Gasteiger charge is 2.33. The van der Waals surface area contributed by atoms with Crippen molar-refractivity contribution in [1.82, 2.24) is 19.0 Å². The van der Waals surface area contributed by atoms with Crippen molar-refractivity contribution in [3.8, 4) is 5.69 Å². The summed E-state index contributed by atoms with van der Waals surface area (Å²) in [5.74, 6) is -0.537. The van der Waals surface area contributed by atoms with E-state index >= 15 is 0 Å². The molecule has 172 valence electrons. The van der Waals surface area contributed by atoms with Gasteiger partial charge < -0.3 is 4.90 Å². The number of hydrogen-bond donors (Lipinski definition) is 0. The van der Waals surface area contributed by atoms with Crippen LogP contribution in [0.25, 0.3) is 5.69 Å². The molecule has 1 fully saturated rings. The molecule has 1 amide bonds. The molecule has 0 spiro atoms. The van der Waals surface area contributed by atoms with E-state index in [0.29, 0.717) is 18.8 Å². The predicted molar refractivity (Wildman–Crippen MR) is 122 cm³/mol. The maximum absolute atomic E-state index is 13.4. The van der Waals surface area contributed by atoms with Crippen molar-refractivity contribution in [2.75, 3.05) is 26.2 Å². The summed E-state index contributed by atoms with van der Waals surface area (Å²) in [6.07, 6.45) is 2.54. The van der Waals surface area contributed by atoms with Crippen LogP contribution < -0.4 is 0 Å². The number of nitrogens with zero attached hydrogens (tertiary/aromatic N) is 4. The van der Waals surface area contributed by atoms with Crippen LogP contribution in [0.1, 0.15) is 33.7 Å². The molecule has 0 unspecified atom stereocenters. The fourth-order valence-electron chi connectivity index (χ4n) is 4.60. The molecular formula is C24H25FN4O3S. The Labute approximate surface area is 192 Å². The van der Waals surface area contributed by atoms with E-state index in [1.807, 2.05) is 18.2 Å². The van der Waals surface area contributed by atoms with E-state index in [1.54, 1.807) is 33.8 Å². The summed E-state index contributed by atoms with van der Waals surface area (Å²) in [6, 6.07) is 15.2. The molecule has 2 aromatic carbocycles. The van der Waals surface area contributed by atoms with Crippen molar-refractivity contribution >= 4 is 15.9 Å². The Kier molecular flexibility index (Phi) is 5.76. The van der Waals surface area contributed by atoms with Gasteiger partial charge in [0.1, 0.15) is 5.82 Å². The normalized spacial score (nSPS) is 16.7. The summed E-state index contributed by atoms with van der Waals surface area (Å²) in [5.41, 5.74) is 3.84. The van der Waals surface area contributed by atoms with Crippen molar-refractivity contribution < 1.29 is 17.6 Å². The van der Waals surface area contributed by atoms with Gasteiger partial charge in [-0.15, -0.1) is 0 Å². The molecule has 33 heavy (non-hydrogen) atoms. The van der Waals surface area contributed by atoms with E-state index in [0.717, 1.165) is 41.8 Å². The molecule has 2 aliphatic rings. The quantitative estimate of drug-likeness (QED) is 0.577. The van der Waals surface area contributed by atoms with Crippen LogP contribution in [-0.2, 0) is 28.6 Å². The van der Waals surface area contributed by atoms with E-state index in [1.165, 1.54) is 16.4 Å². The highest BCUT2D eigenvalue weighted by atomic mass is 32.2. The van der Waals surface area contributed by atoms with Crippen LogP contribution in [0.2, 0.25) is 0 Å². The number of carbonyl (C=O) groups is 1. The number of rotatable bonds is 5. The first kappa shape index (κ1) is 21.8. The SMILES string of the molecule is O=C(c1nn(-c2ccc(F)cc2)c2c1CCC2)N1CCN(S(=O)(=O)Cc2ccccc2)CC1. The third kappa shape index (κ3) is 4.30. The standard InChI is InChI=1S/C24H25FN4O3S/c25-19-9-11-20(12-10-19)29-22-8-4-7-21(22)23(26-29)24(30)27-13-15-28(16-14-27)33(31,32)17-18-5-2-1-3-6-18/h1-3,5-6,9-12H,4,7-8,13-17H2. The Morgan fingerprint density at radius 3 is 2.33 bits per heavy atom. The van der Waals surface area contributed by atoms with Gasteiger partial charge in [0.05, 0.1) is 11.4 Å². The molecule has 0 atom stereocenters. The lowest BCUT2D eigenvalue weighted by molar-refractivity contribution is 0.0690. The molecular weight excluding hydrogens is 443 g/mol. The zero-order valence-electron chi connectivity index (χ0n) is 18.2. The lowest BCUT2D eigenvalue weighted by Crippen LogP contribution is -2.51. The van der Waals surface area contributed by atoms with E-state index in [-0.39, 0.29) is 30.6 Å².